The van der Waals surface area contributed by atoms with Crippen LogP contribution < -0.4 is 10.2 Å². The first-order valence-corrected chi connectivity index (χ1v) is 15.3. The third-order valence-corrected chi connectivity index (χ3v) is 9.22. The largest absolute Gasteiger partial charge is 0.444 e. The zero-order valence-electron chi connectivity index (χ0n) is 23.2. The van der Waals surface area contributed by atoms with E-state index in [2.05, 4.69) is 26.3 Å². The van der Waals surface area contributed by atoms with Crippen molar-refractivity contribution in [3.8, 4) is 0 Å². The molecule has 9 nitrogen and oxygen atoms in total. The molecular formula is C32H31N5O4S. The van der Waals surface area contributed by atoms with Crippen molar-refractivity contribution in [2.75, 3.05) is 23.3 Å². The normalized spacial score (nSPS) is 15.5. The molecule has 1 saturated heterocycles. The molecule has 1 aliphatic heterocycles. The molecule has 5 aromatic rings. The molecule has 0 saturated carbocycles. The summed E-state index contributed by atoms with van der Waals surface area (Å²) in [6, 6.07) is 25.9. The number of anilines is 2. The molecule has 0 spiro atoms. The average molecular weight is 582 g/mol. The van der Waals surface area contributed by atoms with Gasteiger partial charge in [0.25, 0.3) is 10.0 Å². The minimum Gasteiger partial charge on any atom is -0.444 e. The van der Waals surface area contributed by atoms with Crippen molar-refractivity contribution in [2.24, 2.45) is 0 Å². The summed E-state index contributed by atoms with van der Waals surface area (Å²) in [6.45, 7) is 3.61. The summed E-state index contributed by atoms with van der Waals surface area (Å²) >= 11 is 0. The Labute approximate surface area is 244 Å². The fourth-order valence-electron chi connectivity index (χ4n) is 5.37. The highest BCUT2D eigenvalue weighted by atomic mass is 32.2. The van der Waals surface area contributed by atoms with Crippen molar-refractivity contribution in [2.45, 2.75) is 37.2 Å². The van der Waals surface area contributed by atoms with E-state index in [1.165, 1.54) is 10.3 Å². The number of fused-ring (bicyclic) bond motifs is 1. The van der Waals surface area contributed by atoms with Gasteiger partial charge in [-0.1, -0.05) is 60.2 Å². The lowest BCUT2D eigenvalue weighted by molar-refractivity contribution is 0.155. The predicted octanol–water partition coefficient (Wildman–Crippen LogP) is 6.11. The number of nitrogens with one attached hydrogen (secondary N) is 1. The molecule has 1 amide bonds. The monoisotopic (exact) mass is 581 g/mol. The second kappa shape index (κ2) is 11.7. The summed E-state index contributed by atoms with van der Waals surface area (Å²) in [7, 11) is -3.81. The lowest BCUT2D eigenvalue weighted by atomic mass is 9.90. The van der Waals surface area contributed by atoms with Crippen LogP contribution in [0.4, 0.5) is 16.3 Å². The van der Waals surface area contributed by atoms with E-state index in [1.54, 1.807) is 36.5 Å². The summed E-state index contributed by atoms with van der Waals surface area (Å²) in [5.41, 5.74) is 4.03. The topological polar surface area (TPSA) is 106 Å². The van der Waals surface area contributed by atoms with Gasteiger partial charge in [0.2, 0.25) is 0 Å². The van der Waals surface area contributed by atoms with Gasteiger partial charge in [0, 0.05) is 30.9 Å². The summed E-state index contributed by atoms with van der Waals surface area (Å²) in [4.78, 5) is 23.7. The van der Waals surface area contributed by atoms with Crippen LogP contribution in [0, 0.1) is 6.92 Å². The van der Waals surface area contributed by atoms with Crippen LogP contribution in [0.25, 0.3) is 11.0 Å². The molecule has 2 aromatic heterocycles. The number of nitrogens with zero attached hydrogens (tertiary/aromatic N) is 4. The van der Waals surface area contributed by atoms with Crippen molar-refractivity contribution < 1.29 is 17.9 Å². The second-order valence-corrected chi connectivity index (χ2v) is 12.3. The molecule has 3 aromatic carbocycles. The maximum atomic E-state index is 13.4. The van der Waals surface area contributed by atoms with Crippen LogP contribution in [0.15, 0.2) is 102 Å². The van der Waals surface area contributed by atoms with E-state index in [1.807, 2.05) is 55.5 Å². The number of aryl methyl sites for hydroxylation is 1. The quantitative estimate of drug-likeness (QED) is 0.247. The van der Waals surface area contributed by atoms with Crippen molar-refractivity contribution in [3.63, 3.8) is 0 Å². The van der Waals surface area contributed by atoms with Crippen LogP contribution in [0.5, 0.6) is 0 Å². The van der Waals surface area contributed by atoms with Gasteiger partial charge in [0.05, 0.1) is 10.3 Å². The Morgan fingerprint density at radius 2 is 1.81 bits per heavy atom. The average Bonchev–Trinajstić information content (AvgIpc) is 3.47. The lowest BCUT2D eigenvalue weighted by Gasteiger charge is -2.34. The summed E-state index contributed by atoms with van der Waals surface area (Å²) in [6.07, 6.45) is 4.39. The molecule has 42 heavy (non-hydrogen) atoms. The molecule has 1 N–H and O–H groups in total. The summed E-state index contributed by atoms with van der Waals surface area (Å²) < 4.78 is 33.4. The van der Waals surface area contributed by atoms with Crippen molar-refractivity contribution >= 4 is 38.7 Å². The number of rotatable bonds is 7. The maximum Gasteiger partial charge on any atom is 0.411 e. The molecule has 10 heteroatoms. The van der Waals surface area contributed by atoms with Crippen LogP contribution in [0.2, 0.25) is 0 Å². The number of aromatic nitrogens is 3. The third kappa shape index (κ3) is 5.71. The minimum atomic E-state index is -3.81. The highest BCUT2D eigenvalue weighted by molar-refractivity contribution is 7.90. The number of ether oxygens (including phenoxy) is 1. The Bertz CT molecular complexity index is 1820. The van der Waals surface area contributed by atoms with Crippen molar-refractivity contribution in [1.82, 2.24) is 13.9 Å². The highest BCUT2D eigenvalue weighted by Crippen LogP contribution is 2.34. The van der Waals surface area contributed by atoms with Crippen LogP contribution in [-0.4, -0.2) is 41.5 Å². The third-order valence-electron chi connectivity index (χ3n) is 7.54. The molecule has 1 atom stereocenters. The van der Waals surface area contributed by atoms with Gasteiger partial charge in [-0.2, -0.15) is 0 Å². The van der Waals surface area contributed by atoms with Gasteiger partial charge in [-0.25, -0.2) is 27.2 Å². The number of piperidine rings is 1. The van der Waals surface area contributed by atoms with E-state index in [-0.39, 0.29) is 17.4 Å². The molecular weight excluding hydrogens is 550 g/mol. The van der Waals surface area contributed by atoms with E-state index in [9.17, 15) is 13.2 Å². The molecule has 0 aliphatic carbocycles. The van der Waals surface area contributed by atoms with Gasteiger partial charge in [-0.15, -0.1) is 0 Å². The van der Waals surface area contributed by atoms with E-state index in [0.29, 0.717) is 29.1 Å². The van der Waals surface area contributed by atoms with Crippen LogP contribution in [-0.2, 0) is 21.4 Å². The number of carbonyl (C=O) groups excluding carboxylic acids is 1. The number of hydrogen-bond donors (Lipinski definition) is 1. The smallest absolute Gasteiger partial charge is 0.411 e. The molecule has 0 bridgehead atoms. The van der Waals surface area contributed by atoms with E-state index >= 15 is 0 Å². The molecule has 1 aliphatic rings. The first kappa shape index (κ1) is 27.5. The fraction of sp³-hybridized carbons (Fsp3) is 0.219. The van der Waals surface area contributed by atoms with Crippen LogP contribution in [0.1, 0.15) is 35.4 Å². The summed E-state index contributed by atoms with van der Waals surface area (Å²) in [5.74, 6) is 0.908. The Kier molecular flexibility index (Phi) is 7.62. The molecule has 214 valence electrons. The molecule has 1 unspecified atom stereocenters. The number of amides is 1. The van der Waals surface area contributed by atoms with E-state index in [0.717, 1.165) is 36.1 Å². The van der Waals surface area contributed by atoms with Crippen molar-refractivity contribution in [1.29, 1.82) is 0 Å². The zero-order valence-corrected chi connectivity index (χ0v) is 24.0. The van der Waals surface area contributed by atoms with E-state index < -0.39 is 16.1 Å². The van der Waals surface area contributed by atoms with Gasteiger partial charge in [-0.3, -0.25) is 5.32 Å². The predicted molar refractivity (Wildman–Crippen MR) is 162 cm³/mol. The van der Waals surface area contributed by atoms with Gasteiger partial charge in [-0.05, 0) is 61.2 Å². The van der Waals surface area contributed by atoms with Gasteiger partial charge >= 0.3 is 6.09 Å². The molecule has 3 heterocycles. The Morgan fingerprint density at radius 1 is 1.00 bits per heavy atom. The Balaban J connectivity index is 1.19. The Hall–Kier alpha value is -4.70. The fourth-order valence-corrected chi connectivity index (χ4v) is 6.68. The summed E-state index contributed by atoms with van der Waals surface area (Å²) in [5, 5.41) is 3.52. The standard InChI is InChI=1S/C32H31N5O4S/c1-23-12-14-28(15-13-23)42(39,40)37-18-16-29-30(33-22-34-31(29)37)36-17-6-10-26(20-36)25-9-5-11-27(19-25)35-32(38)41-21-24-7-3-2-4-8-24/h2-5,7-9,11-16,18-19,22,26H,6,10,17,20-21H2,1H3,(H,35,38). The van der Waals surface area contributed by atoms with Gasteiger partial charge in [0.1, 0.15) is 18.8 Å². The van der Waals surface area contributed by atoms with Crippen molar-refractivity contribution in [3.05, 3.63) is 114 Å². The second-order valence-electron chi connectivity index (χ2n) is 10.5. The number of carbonyl (C=O) groups is 1. The number of benzene rings is 3. The van der Waals surface area contributed by atoms with Gasteiger partial charge < -0.3 is 9.64 Å². The van der Waals surface area contributed by atoms with Crippen LogP contribution in [0.3, 0.4) is 0 Å². The molecule has 6 rings (SSSR count). The first-order valence-electron chi connectivity index (χ1n) is 13.9. The zero-order chi connectivity index (χ0) is 29.1. The first-order chi connectivity index (χ1) is 20.4. The van der Waals surface area contributed by atoms with Crippen LogP contribution >= 0.6 is 0 Å². The van der Waals surface area contributed by atoms with E-state index in [4.69, 9.17) is 4.74 Å². The molecule has 1 fully saturated rings. The lowest BCUT2D eigenvalue weighted by Crippen LogP contribution is -2.35. The minimum absolute atomic E-state index is 0.198. The highest BCUT2D eigenvalue weighted by Gasteiger charge is 2.26. The maximum absolute atomic E-state index is 13.4. The Morgan fingerprint density at radius 3 is 2.62 bits per heavy atom. The van der Waals surface area contributed by atoms with Gasteiger partial charge in [0.15, 0.2) is 5.65 Å². The molecule has 0 radical (unpaired) electrons. The SMILES string of the molecule is Cc1ccc(S(=O)(=O)n2ccc3c(N4CCCC(c5cccc(NC(=O)OCc6ccccc6)c5)C4)ncnc32)cc1. The number of hydrogen-bond acceptors (Lipinski definition) is 7.